The van der Waals surface area contributed by atoms with E-state index in [1.165, 1.54) is 0 Å². The number of ether oxygens (including phenoxy) is 1. The van der Waals surface area contributed by atoms with Crippen LogP contribution in [-0.2, 0) is 17.4 Å². The van der Waals surface area contributed by atoms with Gasteiger partial charge in [0.05, 0.1) is 6.61 Å². The van der Waals surface area contributed by atoms with Crippen molar-refractivity contribution in [2.75, 3.05) is 19.8 Å². The molecule has 0 aromatic carbocycles. The Morgan fingerprint density at radius 1 is 0.889 bits per heavy atom. The van der Waals surface area contributed by atoms with Crippen molar-refractivity contribution in [3.63, 3.8) is 0 Å². The van der Waals surface area contributed by atoms with Crippen LogP contribution in [0.2, 0.25) is 45.3 Å². The fourth-order valence-corrected chi connectivity index (χ4v) is 12.7. The molecular weight excluding hydrogens is 402 g/mol. The Morgan fingerprint density at radius 3 is 1.89 bits per heavy atom. The molecule has 0 atom stereocenters. The molecule has 12 heteroatoms. The molecule has 0 aliphatic rings. The molecule has 1 N–H and O–H groups in total. The monoisotopic (exact) mass is 437 g/mol. The minimum Gasteiger partial charge on any atom is -0.447 e. The molecule has 0 saturated heterocycles. The molecule has 0 spiro atoms. The maximum absolute atomic E-state index is 11.6. The average molecular weight is 438 g/mol. The Labute approximate surface area is 165 Å². The van der Waals surface area contributed by atoms with Crippen molar-refractivity contribution in [1.82, 2.24) is 5.32 Å². The Hall–Kier alpha value is -0.929. The Morgan fingerprint density at radius 2 is 1.44 bits per heavy atom. The van der Waals surface area contributed by atoms with Gasteiger partial charge in [0.2, 0.25) is 0 Å². The number of hydrogen-bond donors (Lipinski definition) is 1. The summed E-state index contributed by atoms with van der Waals surface area (Å²) in [6.07, 6.45) is -0.274. The number of nitrogens with one attached hydrogen (secondary N) is 1. The minimum absolute atomic E-state index is 0.178. The van der Waals surface area contributed by atoms with Gasteiger partial charge >= 0.3 is 20.9 Å². The Kier molecular flexibility index (Phi) is 11.4. The molecule has 3 amide bonds. The van der Waals surface area contributed by atoms with Crippen molar-refractivity contribution in [2.45, 2.75) is 65.6 Å². The van der Waals surface area contributed by atoms with Gasteiger partial charge in [-0.3, -0.25) is 0 Å². The highest BCUT2D eigenvalue weighted by molar-refractivity contribution is 6.85. The van der Waals surface area contributed by atoms with Crippen molar-refractivity contribution < 1.29 is 27.0 Å². The van der Waals surface area contributed by atoms with E-state index in [1.54, 1.807) is 6.92 Å². The van der Waals surface area contributed by atoms with Crippen LogP contribution in [-0.4, -0.2) is 57.3 Å². The zero-order valence-corrected chi connectivity index (χ0v) is 20.9. The molecular formula is C15H35N3O6Si3. The molecule has 0 rings (SSSR count). The summed E-state index contributed by atoms with van der Waals surface area (Å²) in [5.41, 5.74) is 0. The fourth-order valence-electron chi connectivity index (χ4n) is 2.18. The molecule has 9 nitrogen and oxygen atoms in total. The molecule has 0 unspecified atom stereocenters. The highest BCUT2D eigenvalue weighted by Crippen LogP contribution is 2.26. The van der Waals surface area contributed by atoms with Gasteiger partial charge in [0, 0.05) is 19.2 Å². The maximum atomic E-state index is 11.6. The predicted molar refractivity (Wildman–Crippen MR) is 111 cm³/mol. The van der Waals surface area contributed by atoms with Gasteiger partial charge in [-0.15, -0.1) is 0 Å². The van der Waals surface area contributed by atoms with Crippen LogP contribution in [0.25, 0.3) is 0 Å². The number of amides is 3. The van der Waals surface area contributed by atoms with Crippen molar-refractivity contribution in [2.24, 2.45) is 10.2 Å². The third-order valence-electron chi connectivity index (χ3n) is 2.71. The largest absolute Gasteiger partial charge is 0.480 e. The third kappa shape index (κ3) is 13.8. The normalized spacial score (nSPS) is 13.0. The van der Waals surface area contributed by atoms with E-state index in [2.05, 4.69) is 59.6 Å². The smallest absolute Gasteiger partial charge is 0.447 e. The maximum Gasteiger partial charge on any atom is 0.480 e. The number of azo groups is 1. The lowest BCUT2D eigenvalue weighted by Crippen LogP contribution is -2.57. The quantitative estimate of drug-likeness (QED) is 0.292. The predicted octanol–water partition coefficient (Wildman–Crippen LogP) is 4.37. The lowest BCUT2D eigenvalue weighted by molar-refractivity contribution is 0.161. The lowest BCUT2D eigenvalue weighted by atomic mass is 10.5. The number of carbonyl (C=O) groups excluding carboxylic acids is 2. The molecule has 0 radical (unpaired) electrons. The second kappa shape index (κ2) is 11.8. The summed E-state index contributed by atoms with van der Waals surface area (Å²) in [5, 5.41) is 9.02. The van der Waals surface area contributed by atoms with Gasteiger partial charge in [-0.05, 0) is 59.6 Å². The minimum atomic E-state index is -2.84. The standard InChI is InChI=1S/C15H35N3O6Si3/c1-9-21-15(20)18-17-14(19)16-12-11-13-27(22-10-2,23-25(3,4)5)24-26(6,7)8/h9-13H2,1-8H3,(H,16,19). The summed E-state index contributed by atoms with van der Waals surface area (Å²) in [5.74, 6) is 0. The van der Waals surface area contributed by atoms with Gasteiger partial charge in [0.15, 0.2) is 16.6 Å². The third-order valence-corrected chi connectivity index (χ3v) is 11.8. The summed E-state index contributed by atoms with van der Waals surface area (Å²) < 4.78 is 23.4. The van der Waals surface area contributed by atoms with E-state index in [0.717, 1.165) is 0 Å². The van der Waals surface area contributed by atoms with Gasteiger partial charge in [0.1, 0.15) is 0 Å². The second-order valence-corrected chi connectivity index (χ2v) is 20.0. The van der Waals surface area contributed by atoms with E-state index < -0.39 is 37.6 Å². The molecule has 0 saturated carbocycles. The Balaban J connectivity index is 4.80. The molecule has 0 aliphatic carbocycles. The number of hydrogen-bond acceptors (Lipinski definition) is 6. The summed E-state index contributed by atoms with van der Waals surface area (Å²) in [7, 11) is -6.61. The zero-order valence-electron chi connectivity index (χ0n) is 17.9. The molecule has 0 bridgehead atoms. The molecule has 0 fully saturated rings. The summed E-state index contributed by atoms with van der Waals surface area (Å²) in [6.45, 7) is 17.3. The van der Waals surface area contributed by atoms with Crippen LogP contribution < -0.4 is 5.32 Å². The first kappa shape index (κ1) is 26.1. The second-order valence-electron chi connectivity index (χ2n) is 7.78. The fraction of sp³-hybridized carbons (Fsp3) is 0.867. The van der Waals surface area contributed by atoms with Gasteiger partial charge in [-0.25, -0.2) is 9.59 Å². The average Bonchev–Trinajstić information content (AvgIpc) is 2.46. The van der Waals surface area contributed by atoms with Crippen LogP contribution >= 0.6 is 0 Å². The van der Waals surface area contributed by atoms with Crippen molar-refractivity contribution in [3.05, 3.63) is 0 Å². The topological polar surface area (TPSA) is 108 Å². The zero-order chi connectivity index (χ0) is 21.1. The van der Waals surface area contributed by atoms with Gasteiger partial charge in [-0.2, -0.15) is 0 Å². The van der Waals surface area contributed by atoms with Crippen LogP contribution in [0.1, 0.15) is 20.3 Å². The summed E-state index contributed by atoms with van der Waals surface area (Å²) >= 11 is 0. The van der Waals surface area contributed by atoms with Crippen LogP contribution in [0.4, 0.5) is 9.59 Å². The van der Waals surface area contributed by atoms with E-state index in [0.29, 0.717) is 25.6 Å². The van der Waals surface area contributed by atoms with Crippen LogP contribution in [0.15, 0.2) is 10.2 Å². The highest BCUT2D eigenvalue weighted by Gasteiger charge is 2.46. The lowest BCUT2D eigenvalue weighted by Gasteiger charge is -2.39. The van der Waals surface area contributed by atoms with Gasteiger partial charge < -0.3 is 22.7 Å². The van der Waals surface area contributed by atoms with Crippen LogP contribution in [0, 0.1) is 0 Å². The molecule has 158 valence electrons. The van der Waals surface area contributed by atoms with E-state index in [1.807, 2.05) is 6.92 Å². The van der Waals surface area contributed by atoms with Gasteiger partial charge in [0.25, 0.3) is 0 Å². The van der Waals surface area contributed by atoms with E-state index in [9.17, 15) is 9.59 Å². The number of urea groups is 1. The van der Waals surface area contributed by atoms with Crippen molar-refractivity contribution in [3.8, 4) is 0 Å². The molecule has 27 heavy (non-hydrogen) atoms. The highest BCUT2D eigenvalue weighted by atomic mass is 28.5. The van der Waals surface area contributed by atoms with Crippen LogP contribution in [0.3, 0.4) is 0 Å². The molecule has 0 aliphatic heterocycles. The van der Waals surface area contributed by atoms with E-state index in [4.69, 9.17) is 12.7 Å². The van der Waals surface area contributed by atoms with E-state index >= 15 is 0 Å². The Bertz CT molecular complexity index is 490. The summed E-state index contributed by atoms with van der Waals surface area (Å²) in [6, 6.07) is -0.0889. The van der Waals surface area contributed by atoms with Crippen molar-refractivity contribution >= 4 is 37.6 Å². The van der Waals surface area contributed by atoms with Gasteiger partial charge in [-0.1, -0.05) is 10.2 Å². The molecule has 0 aromatic rings. The van der Waals surface area contributed by atoms with Crippen LogP contribution in [0.5, 0.6) is 0 Å². The molecule has 0 heterocycles. The molecule has 0 aromatic heterocycles. The summed E-state index contributed by atoms with van der Waals surface area (Å²) in [4.78, 5) is 22.7. The van der Waals surface area contributed by atoms with Crippen molar-refractivity contribution in [1.29, 1.82) is 0 Å². The number of carbonyl (C=O) groups is 2. The first-order chi connectivity index (χ1) is 12.3. The first-order valence-electron chi connectivity index (χ1n) is 9.23. The van der Waals surface area contributed by atoms with E-state index in [-0.39, 0.29) is 6.61 Å². The SMILES string of the molecule is CCOC(=O)N=NC(=O)NCCC[Si](OCC)(O[Si](C)(C)C)O[Si](C)(C)C. The number of nitrogens with zero attached hydrogens (tertiary/aromatic N) is 2. The number of rotatable bonds is 11. The first-order valence-corrected chi connectivity index (χ1v) is 18.0.